The summed E-state index contributed by atoms with van der Waals surface area (Å²) in [7, 11) is 0. The number of urea groups is 1. The third-order valence-electron chi connectivity index (χ3n) is 6.12. The zero-order chi connectivity index (χ0) is 21.4. The zero-order valence-corrected chi connectivity index (χ0v) is 17.9. The second kappa shape index (κ2) is 7.99. The molecule has 0 radical (unpaired) electrons. The van der Waals surface area contributed by atoms with Crippen molar-refractivity contribution < 1.29 is 14.4 Å². The monoisotopic (exact) mass is 440 g/mol. The average Bonchev–Trinajstić information content (AvgIpc) is 3.39. The highest BCUT2D eigenvalue weighted by Gasteiger charge is 2.49. The van der Waals surface area contributed by atoms with Crippen molar-refractivity contribution in [1.82, 2.24) is 25.5 Å². The summed E-state index contributed by atoms with van der Waals surface area (Å²) in [4.78, 5) is 50.4. The first-order valence-corrected chi connectivity index (χ1v) is 11.6. The summed E-state index contributed by atoms with van der Waals surface area (Å²) in [5.74, 6) is 0.630. The molecule has 3 fully saturated rings. The van der Waals surface area contributed by atoms with E-state index in [0.29, 0.717) is 19.4 Å². The highest BCUT2D eigenvalue weighted by Crippen LogP contribution is 2.32. The fraction of sp³-hybridized carbons (Fsp3) is 0.476. The van der Waals surface area contributed by atoms with Gasteiger partial charge in [-0.3, -0.25) is 14.9 Å². The number of thioether (sulfide) groups is 1. The molecule has 2 aromatic rings. The van der Waals surface area contributed by atoms with Gasteiger partial charge in [-0.25, -0.2) is 14.8 Å². The molecule has 162 valence electrons. The number of rotatable bonds is 4. The van der Waals surface area contributed by atoms with E-state index < -0.39 is 11.6 Å². The number of fused-ring (bicyclic) bond motifs is 1. The lowest BCUT2D eigenvalue weighted by Gasteiger charge is -2.38. The van der Waals surface area contributed by atoms with Crippen LogP contribution in [0.4, 0.5) is 10.6 Å². The molecule has 5 rings (SSSR count). The largest absolute Gasteiger partial charge is 0.354 e. The van der Waals surface area contributed by atoms with Crippen LogP contribution in [-0.4, -0.2) is 70.2 Å². The van der Waals surface area contributed by atoms with Gasteiger partial charge in [0.25, 0.3) is 5.91 Å². The number of aromatic nitrogens is 2. The van der Waals surface area contributed by atoms with Crippen LogP contribution in [0.3, 0.4) is 0 Å². The van der Waals surface area contributed by atoms with E-state index in [-0.39, 0.29) is 24.1 Å². The van der Waals surface area contributed by atoms with Gasteiger partial charge in [-0.2, -0.15) is 0 Å². The molecule has 1 atom stereocenters. The number of hydrogen-bond donors (Lipinski definition) is 2. The van der Waals surface area contributed by atoms with Crippen LogP contribution in [0.25, 0.3) is 11.0 Å². The van der Waals surface area contributed by atoms with E-state index in [2.05, 4.69) is 15.5 Å². The Morgan fingerprint density at radius 1 is 1.06 bits per heavy atom. The van der Waals surface area contributed by atoms with E-state index in [1.807, 2.05) is 24.3 Å². The number of likely N-dealkylation sites (tertiary alicyclic amines) is 1. The summed E-state index contributed by atoms with van der Waals surface area (Å²) in [5, 5.41) is 5.77. The van der Waals surface area contributed by atoms with Crippen molar-refractivity contribution in [3.05, 3.63) is 24.3 Å². The number of hydrogen-bond acceptors (Lipinski definition) is 7. The number of carbonyl (C=O) groups excluding carboxylic acids is 3. The first-order chi connectivity index (χ1) is 15.0. The molecular weight excluding hydrogens is 416 g/mol. The van der Waals surface area contributed by atoms with Crippen LogP contribution in [0.15, 0.2) is 29.3 Å². The topological polar surface area (TPSA) is 108 Å². The van der Waals surface area contributed by atoms with Crippen molar-refractivity contribution in [2.24, 2.45) is 0 Å². The predicted molar refractivity (Wildman–Crippen MR) is 117 cm³/mol. The molecule has 1 aromatic carbocycles. The normalized spacial score (nSPS) is 23.5. The number of carbonyl (C=O) groups is 3. The lowest BCUT2D eigenvalue weighted by Crippen LogP contribution is -2.59. The van der Waals surface area contributed by atoms with E-state index in [1.54, 1.807) is 4.90 Å². The van der Waals surface area contributed by atoms with Crippen LogP contribution in [0, 0.1) is 0 Å². The highest BCUT2D eigenvalue weighted by molar-refractivity contribution is 8.00. The second-order valence-electron chi connectivity index (χ2n) is 8.23. The summed E-state index contributed by atoms with van der Waals surface area (Å²) in [6.45, 7) is 2.66. The number of piperidine rings is 1. The average molecular weight is 441 g/mol. The zero-order valence-electron chi connectivity index (χ0n) is 17.1. The molecule has 3 saturated heterocycles. The summed E-state index contributed by atoms with van der Waals surface area (Å²) >= 11 is 1.39. The van der Waals surface area contributed by atoms with Crippen LogP contribution in [0.2, 0.25) is 0 Å². The van der Waals surface area contributed by atoms with E-state index in [1.165, 1.54) is 11.8 Å². The van der Waals surface area contributed by atoms with Crippen molar-refractivity contribution in [1.29, 1.82) is 0 Å². The Morgan fingerprint density at radius 3 is 2.52 bits per heavy atom. The molecule has 0 aliphatic carbocycles. The maximum Gasteiger partial charge on any atom is 0.322 e. The first kappa shape index (κ1) is 20.0. The molecule has 3 aliphatic heterocycles. The number of amides is 4. The molecule has 9 nitrogen and oxygen atoms in total. The molecule has 1 aromatic heterocycles. The Kier molecular flexibility index (Phi) is 5.17. The third kappa shape index (κ3) is 3.80. The number of nitrogens with one attached hydrogen (secondary N) is 2. The van der Waals surface area contributed by atoms with Crippen LogP contribution in [0.5, 0.6) is 0 Å². The number of nitrogens with zero attached hydrogens (tertiary/aromatic N) is 4. The summed E-state index contributed by atoms with van der Waals surface area (Å²) < 4.78 is 0. The van der Waals surface area contributed by atoms with Gasteiger partial charge in [0, 0.05) is 19.6 Å². The minimum atomic E-state index is -1.00. The molecule has 1 spiro atoms. The van der Waals surface area contributed by atoms with Gasteiger partial charge in [0.15, 0.2) is 5.82 Å². The molecule has 4 heterocycles. The Morgan fingerprint density at radius 2 is 1.81 bits per heavy atom. The Labute approximate surface area is 184 Å². The quantitative estimate of drug-likeness (QED) is 0.548. The standard InChI is InChI=1S/C21H24N6O3S/c28-16(27-11-5-8-21(13-27)19(29)24-20(30)25-21)12-31-18-17(26-9-3-4-10-26)22-14-6-1-2-7-15(14)23-18/h1-2,6-7H,3-5,8-13H2,(H2,24,25,29,30). The molecule has 31 heavy (non-hydrogen) atoms. The van der Waals surface area contributed by atoms with E-state index >= 15 is 0 Å². The van der Waals surface area contributed by atoms with Gasteiger partial charge in [0.2, 0.25) is 5.91 Å². The van der Waals surface area contributed by atoms with Gasteiger partial charge in [0.05, 0.1) is 23.3 Å². The van der Waals surface area contributed by atoms with Gasteiger partial charge in [0.1, 0.15) is 10.6 Å². The molecular formula is C21H24N6O3S. The van der Waals surface area contributed by atoms with E-state index in [9.17, 15) is 14.4 Å². The highest BCUT2D eigenvalue weighted by atomic mass is 32.2. The maximum atomic E-state index is 13.0. The lowest BCUT2D eigenvalue weighted by atomic mass is 9.89. The number of anilines is 1. The SMILES string of the molecule is O=C1NC(=O)C2(CCCN(C(=O)CSc3nc4ccccc4nc3N3CCCC3)C2)N1. The van der Waals surface area contributed by atoms with E-state index in [0.717, 1.165) is 47.8 Å². The van der Waals surface area contributed by atoms with Crippen molar-refractivity contribution in [3.8, 4) is 0 Å². The predicted octanol–water partition coefficient (Wildman–Crippen LogP) is 1.52. The smallest absolute Gasteiger partial charge is 0.322 e. The van der Waals surface area contributed by atoms with Crippen LogP contribution < -0.4 is 15.5 Å². The second-order valence-corrected chi connectivity index (χ2v) is 9.20. The third-order valence-corrected chi connectivity index (χ3v) is 7.06. The molecule has 3 aliphatic rings. The molecule has 10 heteroatoms. The van der Waals surface area contributed by atoms with Crippen LogP contribution in [-0.2, 0) is 9.59 Å². The van der Waals surface area contributed by atoms with Crippen molar-refractivity contribution in [3.63, 3.8) is 0 Å². The van der Waals surface area contributed by atoms with Gasteiger partial charge < -0.3 is 15.1 Å². The number of imide groups is 1. The fourth-order valence-electron chi connectivity index (χ4n) is 4.51. The molecule has 0 bridgehead atoms. The fourth-order valence-corrected chi connectivity index (χ4v) is 5.42. The van der Waals surface area contributed by atoms with Crippen molar-refractivity contribution in [2.45, 2.75) is 36.2 Å². The van der Waals surface area contributed by atoms with Crippen molar-refractivity contribution in [2.75, 3.05) is 36.8 Å². The van der Waals surface area contributed by atoms with Crippen LogP contribution >= 0.6 is 11.8 Å². The van der Waals surface area contributed by atoms with Crippen LogP contribution in [0.1, 0.15) is 25.7 Å². The van der Waals surface area contributed by atoms with Gasteiger partial charge in [-0.05, 0) is 37.8 Å². The molecule has 2 N–H and O–H groups in total. The van der Waals surface area contributed by atoms with E-state index in [4.69, 9.17) is 9.97 Å². The van der Waals surface area contributed by atoms with Crippen molar-refractivity contribution >= 4 is 46.5 Å². The summed E-state index contributed by atoms with van der Waals surface area (Å²) in [6.07, 6.45) is 3.46. The lowest BCUT2D eigenvalue weighted by molar-refractivity contribution is -0.134. The van der Waals surface area contributed by atoms with Gasteiger partial charge in [-0.1, -0.05) is 23.9 Å². The number of para-hydroxylation sites is 2. The summed E-state index contributed by atoms with van der Waals surface area (Å²) in [5.41, 5.74) is 0.655. The Bertz CT molecular complexity index is 1060. The molecule has 4 amide bonds. The Hall–Kier alpha value is -2.88. The minimum absolute atomic E-state index is 0.0691. The van der Waals surface area contributed by atoms with Gasteiger partial charge in [-0.15, -0.1) is 0 Å². The maximum absolute atomic E-state index is 13.0. The Balaban J connectivity index is 1.33. The summed E-state index contributed by atoms with van der Waals surface area (Å²) in [6, 6.07) is 7.27. The van der Waals surface area contributed by atoms with Gasteiger partial charge >= 0.3 is 6.03 Å². The molecule has 1 unspecified atom stereocenters. The molecule has 0 saturated carbocycles. The minimum Gasteiger partial charge on any atom is -0.354 e. The number of benzene rings is 1. The first-order valence-electron chi connectivity index (χ1n) is 10.6.